The molecule has 4 heterocycles. The molecule has 0 spiro atoms. The van der Waals surface area contributed by atoms with Gasteiger partial charge in [-0.25, -0.2) is 4.98 Å². The Morgan fingerprint density at radius 3 is 2.46 bits per heavy atom. The fourth-order valence-electron chi connectivity index (χ4n) is 9.60. The highest BCUT2D eigenvalue weighted by Gasteiger charge is 2.61. The fourth-order valence-corrected chi connectivity index (χ4v) is 10.4. The third-order valence-corrected chi connectivity index (χ3v) is 14.4. The molecule has 2 aliphatic heterocycles. The maximum Gasteiger partial charge on any atom is 0.310 e. The van der Waals surface area contributed by atoms with Crippen LogP contribution in [-0.4, -0.2) is 118 Å². The van der Waals surface area contributed by atoms with E-state index in [2.05, 4.69) is 15.1 Å². The number of pyridine rings is 1. The topological polar surface area (TPSA) is 180 Å². The van der Waals surface area contributed by atoms with Crippen molar-refractivity contribution in [2.24, 2.45) is 34.5 Å². The number of carboxylic acid groups (broad SMARTS) is 1. The number of benzene rings is 1. The van der Waals surface area contributed by atoms with E-state index in [1.165, 1.54) is 22.7 Å². The number of amides is 1. The molecule has 0 bridgehead atoms. The number of nitrogens with zero attached hydrogens (tertiary/aromatic N) is 5. The van der Waals surface area contributed by atoms with E-state index < -0.39 is 40.8 Å². The molecule has 1 unspecified atom stereocenters. The van der Waals surface area contributed by atoms with Crippen LogP contribution in [0, 0.1) is 41.4 Å². The number of ketones is 1. The Labute approximate surface area is 364 Å². The zero-order valence-corrected chi connectivity index (χ0v) is 37.1. The largest absolute Gasteiger partial charge is 0.491 e. The second-order valence-electron chi connectivity index (χ2n) is 18.6. The maximum absolute atomic E-state index is 14.8. The number of aryl methyl sites for hydroxylation is 1. The van der Waals surface area contributed by atoms with E-state index in [0.717, 1.165) is 25.9 Å². The smallest absolute Gasteiger partial charge is 0.310 e. The Morgan fingerprint density at radius 1 is 1.05 bits per heavy atom. The lowest BCUT2D eigenvalue weighted by Gasteiger charge is -2.35. The van der Waals surface area contributed by atoms with Crippen LogP contribution >= 0.6 is 22.9 Å². The Hall–Kier alpha value is -4.12. The van der Waals surface area contributed by atoms with Gasteiger partial charge in [-0.1, -0.05) is 62.2 Å². The molecule has 0 radical (unpaired) electrons. The van der Waals surface area contributed by atoms with Gasteiger partial charge < -0.3 is 33.7 Å². The number of carbonyl (C=O) groups is 4. The molecular formula is C44H56ClN5O10S. The van der Waals surface area contributed by atoms with Crippen LogP contribution in [0.1, 0.15) is 84.1 Å². The quantitative estimate of drug-likeness (QED) is 0.141. The van der Waals surface area contributed by atoms with Gasteiger partial charge in [-0.3, -0.25) is 24.1 Å². The summed E-state index contributed by atoms with van der Waals surface area (Å²) in [5.41, 5.74) is -1.47. The second kappa shape index (κ2) is 17.6. The van der Waals surface area contributed by atoms with Gasteiger partial charge in [-0.2, -0.15) is 0 Å². The number of likely N-dealkylation sites (tertiary alicyclic amines) is 1. The lowest BCUT2D eigenvalue weighted by molar-refractivity contribution is -0.157. The Bertz CT molecular complexity index is 2150. The summed E-state index contributed by atoms with van der Waals surface area (Å²) >= 11 is 8.26. The van der Waals surface area contributed by atoms with E-state index in [0.29, 0.717) is 78.5 Å². The molecule has 5 fully saturated rings. The minimum absolute atomic E-state index is 0.0200. The summed E-state index contributed by atoms with van der Waals surface area (Å²) in [6.07, 6.45) is 2.90. The SMILES string of the molecule is CC[C@@H]1C[C@]1(CC(=O)[C@@H]1C[C@@H](Oc2cc(Oc3nnc(C)s3)nc3c(Cl)c(OCCN4CCOCC4)ccc23)CN1C(=O)[C@@H](CC(=O)OC1C[C@@H]2C[C@@H]2C1)C(C)(C)C)C(=O)O. The number of hydrogen-bond donors (Lipinski definition) is 1. The molecule has 61 heavy (non-hydrogen) atoms. The van der Waals surface area contributed by atoms with Gasteiger partial charge >= 0.3 is 17.1 Å². The molecular weight excluding hydrogens is 826 g/mol. The molecule has 8 atom stereocenters. The van der Waals surface area contributed by atoms with E-state index in [1.807, 2.05) is 34.6 Å². The minimum Gasteiger partial charge on any atom is -0.491 e. The van der Waals surface area contributed by atoms with Crippen molar-refractivity contribution in [1.82, 2.24) is 25.0 Å². The summed E-state index contributed by atoms with van der Waals surface area (Å²) in [4.78, 5) is 63.7. The van der Waals surface area contributed by atoms with Gasteiger partial charge in [0.05, 0.1) is 43.6 Å². The van der Waals surface area contributed by atoms with Crippen LogP contribution in [0.4, 0.5) is 0 Å². The highest BCUT2D eigenvalue weighted by atomic mass is 35.5. The summed E-state index contributed by atoms with van der Waals surface area (Å²) in [7, 11) is 0. The van der Waals surface area contributed by atoms with Gasteiger partial charge in [-0.15, -0.1) is 5.10 Å². The number of rotatable bonds is 17. The van der Waals surface area contributed by atoms with Gasteiger partial charge in [0, 0.05) is 43.9 Å². The van der Waals surface area contributed by atoms with Crippen molar-refractivity contribution < 1.29 is 48.0 Å². The van der Waals surface area contributed by atoms with E-state index in [9.17, 15) is 24.3 Å². The fraction of sp³-hybridized carbons (Fsp3) is 0.659. The molecule has 2 saturated heterocycles. The Balaban J connectivity index is 1.07. The number of aliphatic carboxylic acids is 1. The van der Waals surface area contributed by atoms with Crippen molar-refractivity contribution in [2.75, 3.05) is 46.0 Å². The highest BCUT2D eigenvalue weighted by molar-refractivity contribution is 7.13. The normalized spacial score (nSPS) is 27.7. The van der Waals surface area contributed by atoms with Crippen LogP contribution in [0.3, 0.4) is 0 Å². The molecule has 1 aromatic carbocycles. The number of fused-ring (bicyclic) bond motifs is 2. The zero-order chi connectivity index (χ0) is 43.2. The molecule has 5 aliphatic rings. The van der Waals surface area contributed by atoms with E-state index in [1.54, 1.807) is 18.2 Å². The molecule has 17 heteroatoms. The maximum atomic E-state index is 14.8. The van der Waals surface area contributed by atoms with Crippen LogP contribution in [-0.2, 0) is 28.7 Å². The van der Waals surface area contributed by atoms with Crippen LogP contribution in [0.5, 0.6) is 22.6 Å². The number of Topliss-reactive ketones (excluding diaryl/α,β-unsaturated/α-hetero) is 1. The standard InChI is InChI=1S/C44H56ClN5O10S/c1-6-27-21-44(27,41(54)55)22-33(51)32-18-29(23-50(32)40(53)31(43(3,4)5)19-37(52)59-28-16-25-15-26(25)17-28)58-35-20-36(60-42-48-47-24(2)61-42)46-39-30(35)7-8-34(38(39)45)57-14-11-49-9-12-56-13-10-49/h7-8,20,25-29,31-32H,6,9-19,21-23H2,1-5H3,(H,54,55)/t25-,26+,27-,28?,29-,31-,32+,44-/m1/s1. The van der Waals surface area contributed by atoms with Gasteiger partial charge in [-0.05, 0) is 67.9 Å². The van der Waals surface area contributed by atoms with Crippen molar-refractivity contribution in [2.45, 2.75) is 104 Å². The number of morpholine rings is 1. The molecule has 3 saturated carbocycles. The van der Waals surface area contributed by atoms with Crippen molar-refractivity contribution in [3.63, 3.8) is 0 Å². The number of esters is 1. The molecule has 330 valence electrons. The first-order chi connectivity index (χ1) is 29.1. The lowest BCUT2D eigenvalue weighted by atomic mass is 9.77. The average molecular weight is 882 g/mol. The number of ether oxygens (including phenoxy) is 5. The molecule has 1 N–H and O–H groups in total. The number of halogens is 1. The molecule has 8 rings (SSSR count). The number of aromatic nitrogens is 3. The first kappa shape index (κ1) is 43.5. The summed E-state index contributed by atoms with van der Waals surface area (Å²) in [5, 5.41) is 20.2. The minimum atomic E-state index is -1.16. The third-order valence-electron chi connectivity index (χ3n) is 13.4. The molecule has 1 amide bonds. The van der Waals surface area contributed by atoms with Crippen LogP contribution < -0.4 is 14.2 Å². The van der Waals surface area contributed by atoms with Gasteiger partial charge in [0.2, 0.25) is 11.8 Å². The van der Waals surface area contributed by atoms with Gasteiger partial charge in [0.1, 0.15) is 45.9 Å². The van der Waals surface area contributed by atoms with Gasteiger partial charge in [0.25, 0.3) is 0 Å². The van der Waals surface area contributed by atoms with Gasteiger partial charge in [0.15, 0.2) is 5.78 Å². The van der Waals surface area contributed by atoms with Crippen LogP contribution in [0.2, 0.25) is 5.02 Å². The van der Waals surface area contributed by atoms with Crippen LogP contribution in [0.15, 0.2) is 18.2 Å². The molecule has 3 aliphatic carbocycles. The van der Waals surface area contributed by atoms with Crippen molar-refractivity contribution in [1.29, 1.82) is 0 Å². The summed E-state index contributed by atoms with van der Waals surface area (Å²) in [5.74, 6) is -0.890. The van der Waals surface area contributed by atoms with Crippen molar-refractivity contribution in [3.8, 4) is 22.6 Å². The van der Waals surface area contributed by atoms with E-state index in [4.69, 9.17) is 40.3 Å². The second-order valence-corrected chi connectivity index (χ2v) is 20.1. The Morgan fingerprint density at radius 2 is 1.80 bits per heavy atom. The lowest BCUT2D eigenvalue weighted by Crippen LogP contribution is -2.48. The molecule has 2 aromatic heterocycles. The first-order valence-electron chi connectivity index (χ1n) is 21.6. The number of carbonyl (C=O) groups excluding carboxylic acids is 3. The molecule has 15 nitrogen and oxygen atoms in total. The Kier molecular flexibility index (Phi) is 12.5. The van der Waals surface area contributed by atoms with Crippen LogP contribution in [0.25, 0.3) is 10.9 Å². The average Bonchev–Trinajstić information content (AvgIpc) is 3.92. The number of hydrogen-bond acceptors (Lipinski definition) is 14. The summed E-state index contributed by atoms with van der Waals surface area (Å²) < 4.78 is 30.3. The van der Waals surface area contributed by atoms with E-state index in [-0.39, 0.29) is 65.6 Å². The zero-order valence-electron chi connectivity index (χ0n) is 35.5. The first-order valence-corrected chi connectivity index (χ1v) is 22.8. The number of carboxylic acids is 1. The predicted molar refractivity (Wildman–Crippen MR) is 225 cm³/mol. The third kappa shape index (κ3) is 9.62. The highest BCUT2D eigenvalue weighted by Crippen LogP contribution is 2.58. The summed E-state index contributed by atoms with van der Waals surface area (Å²) in [6, 6.07) is 4.21. The van der Waals surface area contributed by atoms with E-state index >= 15 is 0 Å². The van der Waals surface area contributed by atoms with Crippen molar-refractivity contribution >= 4 is 57.5 Å². The monoisotopic (exact) mass is 881 g/mol. The molecule has 3 aromatic rings. The predicted octanol–water partition coefficient (Wildman–Crippen LogP) is 6.75. The summed E-state index contributed by atoms with van der Waals surface area (Å²) in [6.45, 7) is 13.6. The van der Waals surface area contributed by atoms with Crippen molar-refractivity contribution in [3.05, 3.63) is 28.2 Å².